The molecule has 1 N–H and O–H groups in total. The Labute approximate surface area is 269 Å². The van der Waals surface area contributed by atoms with Crippen molar-refractivity contribution in [1.82, 2.24) is 10.2 Å². The topological polar surface area (TPSA) is 131 Å². The van der Waals surface area contributed by atoms with Gasteiger partial charge in [0.1, 0.15) is 6.61 Å². The van der Waals surface area contributed by atoms with Gasteiger partial charge in [0.2, 0.25) is 5.91 Å². The van der Waals surface area contributed by atoms with Crippen LogP contribution in [-0.2, 0) is 47.5 Å². The summed E-state index contributed by atoms with van der Waals surface area (Å²) in [4.78, 5) is 35.6. The Bertz CT molecular complexity index is 726. The highest BCUT2D eigenvalue weighted by atomic mass is 32.1. The van der Waals surface area contributed by atoms with Crippen molar-refractivity contribution in [1.29, 1.82) is 0 Å². The van der Waals surface area contributed by atoms with E-state index >= 15 is 0 Å². The van der Waals surface area contributed by atoms with Crippen molar-refractivity contribution in [3.05, 3.63) is 12.2 Å². The number of nitrogens with zero attached hydrogens (tertiary/aromatic N) is 1. The molecular formula is C31H56N2O10S. The molecule has 0 unspecified atom stereocenters. The number of hydrogen-bond donors (Lipinski definition) is 2. The Balaban J connectivity index is 1.66. The maximum absolute atomic E-state index is 11.7. The van der Waals surface area contributed by atoms with Gasteiger partial charge < -0.3 is 38.5 Å². The van der Waals surface area contributed by atoms with E-state index in [2.05, 4.69) is 17.9 Å². The number of hydrogen-bond acceptors (Lipinski definition) is 11. The van der Waals surface area contributed by atoms with Gasteiger partial charge in [0, 0.05) is 31.8 Å². The fraction of sp³-hybridized carbons (Fsp3) is 0.839. The van der Waals surface area contributed by atoms with E-state index in [1.807, 2.05) is 0 Å². The largest absolute Gasteiger partial charge is 0.379 e. The van der Waals surface area contributed by atoms with Crippen molar-refractivity contribution < 1.29 is 47.5 Å². The van der Waals surface area contributed by atoms with Gasteiger partial charge in [-0.2, -0.15) is 12.6 Å². The minimum Gasteiger partial charge on any atom is -0.379 e. The number of ether oxygens (including phenoxy) is 7. The molecule has 0 bridgehead atoms. The molecular weight excluding hydrogens is 592 g/mol. The summed E-state index contributed by atoms with van der Waals surface area (Å²) in [5, 5.41) is 2.59. The maximum Gasteiger partial charge on any atom is 0.253 e. The van der Waals surface area contributed by atoms with Crippen LogP contribution in [-0.4, -0.2) is 134 Å². The molecule has 0 aromatic carbocycles. The van der Waals surface area contributed by atoms with Crippen LogP contribution in [0, 0.1) is 0 Å². The average molecular weight is 649 g/mol. The summed E-state index contributed by atoms with van der Waals surface area (Å²) in [5.41, 5.74) is 0. The number of unbranched alkanes of at least 4 members (excludes halogenated alkanes) is 8. The molecule has 0 saturated carbocycles. The first-order chi connectivity index (χ1) is 21.6. The molecule has 44 heavy (non-hydrogen) atoms. The van der Waals surface area contributed by atoms with Crippen LogP contribution < -0.4 is 5.32 Å². The van der Waals surface area contributed by atoms with Crippen LogP contribution in [0.5, 0.6) is 0 Å². The first-order valence-electron chi connectivity index (χ1n) is 16.1. The van der Waals surface area contributed by atoms with Gasteiger partial charge in [-0.1, -0.05) is 44.9 Å². The lowest BCUT2D eigenvalue weighted by atomic mass is 10.1. The molecule has 1 aliphatic heterocycles. The third kappa shape index (κ3) is 25.7. The minimum absolute atomic E-state index is 0.124. The second kappa shape index (κ2) is 31.4. The molecule has 0 radical (unpaired) electrons. The van der Waals surface area contributed by atoms with Gasteiger partial charge in [-0.3, -0.25) is 19.3 Å². The number of imide groups is 1. The lowest BCUT2D eigenvalue weighted by Gasteiger charge is -2.14. The molecule has 0 fully saturated rings. The van der Waals surface area contributed by atoms with Crippen LogP contribution in [0.25, 0.3) is 0 Å². The highest BCUT2D eigenvalue weighted by Crippen LogP contribution is 2.10. The van der Waals surface area contributed by atoms with E-state index in [0.29, 0.717) is 72.7 Å². The van der Waals surface area contributed by atoms with Gasteiger partial charge >= 0.3 is 0 Å². The fourth-order valence-electron chi connectivity index (χ4n) is 4.05. The highest BCUT2D eigenvalue weighted by molar-refractivity contribution is 7.80. The molecule has 0 aliphatic carbocycles. The third-order valence-electron chi connectivity index (χ3n) is 6.47. The highest BCUT2D eigenvalue weighted by Gasteiger charge is 2.22. The van der Waals surface area contributed by atoms with Crippen molar-refractivity contribution >= 4 is 30.4 Å². The summed E-state index contributed by atoms with van der Waals surface area (Å²) in [5.74, 6) is -0.0603. The van der Waals surface area contributed by atoms with Gasteiger partial charge in [0.15, 0.2) is 0 Å². The lowest BCUT2D eigenvalue weighted by Crippen LogP contribution is -2.39. The van der Waals surface area contributed by atoms with Gasteiger partial charge in [-0.25, -0.2) is 0 Å². The Morgan fingerprint density at radius 3 is 1.34 bits per heavy atom. The summed E-state index contributed by atoms with van der Waals surface area (Å²) in [6.45, 7) is 6.66. The number of rotatable bonds is 34. The predicted octanol–water partition coefficient (Wildman–Crippen LogP) is 2.58. The molecule has 1 rings (SSSR count). The molecule has 1 heterocycles. The molecule has 0 aromatic rings. The Hall–Kier alpha value is -1.58. The molecule has 0 aromatic heterocycles. The molecule has 256 valence electrons. The Kier molecular flexibility index (Phi) is 28.9. The van der Waals surface area contributed by atoms with E-state index in [1.165, 1.54) is 63.5 Å². The first-order valence-corrected chi connectivity index (χ1v) is 16.7. The van der Waals surface area contributed by atoms with E-state index in [9.17, 15) is 14.4 Å². The fourth-order valence-corrected chi connectivity index (χ4v) is 4.27. The summed E-state index contributed by atoms with van der Waals surface area (Å²) in [7, 11) is 0. The van der Waals surface area contributed by atoms with E-state index in [-0.39, 0.29) is 44.0 Å². The molecule has 12 nitrogen and oxygen atoms in total. The van der Waals surface area contributed by atoms with Crippen LogP contribution in [0.4, 0.5) is 0 Å². The van der Waals surface area contributed by atoms with Crippen LogP contribution in [0.2, 0.25) is 0 Å². The average Bonchev–Trinajstić information content (AvgIpc) is 3.34. The minimum atomic E-state index is -0.374. The Morgan fingerprint density at radius 1 is 0.545 bits per heavy atom. The van der Waals surface area contributed by atoms with Crippen molar-refractivity contribution in [2.45, 2.75) is 57.8 Å². The molecule has 0 spiro atoms. The second-order valence-corrected chi connectivity index (χ2v) is 10.6. The standard InChI is InChI=1S/C31H56N2O10S/c34-29(32-12-13-33-30(35)10-11-31(33)36)28-43-26-25-42-24-23-41-22-21-40-20-19-39-18-17-38-16-15-37-14-8-6-4-2-1-3-5-7-9-27-44/h10-11,44H,1-9,12-28H2,(H,32,34). The number of carbonyl (C=O) groups is 3. The normalized spacial score (nSPS) is 13.0. The molecule has 0 saturated heterocycles. The van der Waals surface area contributed by atoms with Crippen molar-refractivity contribution in [2.75, 3.05) is 111 Å². The zero-order valence-electron chi connectivity index (χ0n) is 26.5. The van der Waals surface area contributed by atoms with Crippen molar-refractivity contribution in [2.24, 2.45) is 0 Å². The number of thiol groups is 1. The van der Waals surface area contributed by atoms with E-state index in [1.54, 1.807) is 0 Å². The zero-order chi connectivity index (χ0) is 31.8. The number of nitrogens with one attached hydrogen (secondary N) is 1. The van der Waals surface area contributed by atoms with Gasteiger partial charge in [0.25, 0.3) is 11.8 Å². The quantitative estimate of drug-likeness (QED) is 0.0610. The molecule has 13 heteroatoms. The van der Waals surface area contributed by atoms with Crippen molar-refractivity contribution in [3.8, 4) is 0 Å². The van der Waals surface area contributed by atoms with Crippen molar-refractivity contribution in [3.63, 3.8) is 0 Å². The zero-order valence-corrected chi connectivity index (χ0v) is 27.4. The molecule has 3 amide bonds. The number of carbonyl (C=O) groups excluding carboxylic acids is 3. The third-order valence-corrected chi connectivity index (χ3v) is 6.79. The van der Waals surface area contributed by atoms with Gasteiger partial charge in [0.05, 0.1) is 79.3 Å². The molecule has 0 atom stereocenters. The van der Waals surface area contributed by atoms with Crippen LogP contribution in [0.15, 0.2) is 12.2 Å². The SMILES string of the molecule is O=C(COCCOCCOCCOCCOCCOCCOCCCCCCCCCCCS)NCCN1C(=O)C=CC1=O. The second-order valence-electron chi connectivity index (χ2n) is 10.1. The van der Waals surface area contributed by atoms with E-state index in [0.717, 1.165) is 23.7 Å². The predicted molar refractivity (Wildman–Crippen MR) is 170 cm³/mol. The van der Waals surface area contributed by atoms with Gasteiger partial charge in [-0.15, -0.1) is 0 Å². The first kappa shape index (κ1) is 40.4. The summed E-state index contributed by atoms with van der Waals surface area (Å²) < 4.78 is 38.2. The summed E-state index contributed by atoms with van der Waals surface area (Å²) >= 11 is 4.24. The smallest absolute Gasteiger partial charge is 0.253 e. The maximum atomic E-state index is 11.7. The van der Waals surface area contributed by atoms with Crippen LogP contribution >= 0.6 is 12.6 Å². The van der Waals surface area contributed by atoms with E-state index < -0.39 is 0 Å². The van der Waals surface area contributed by atoms with Crippen LogP contribution in [0.3, 0.4) is 0 Å². The number of amides is 3. The Morgan fingerprint density at radius 2 is 0.909 bits per heavy atom. The molecule has 1 aliphatic rings. The monoisotopic (exact) mass is 648 g/mol. The van der Waals surface area contributed by atoms with E-state index in [4.69, 9.17) is 33.2 Å². The summed E-state index contributed by atoms with van der Waals surface area (Å²) in [6.07, 6.45) is 14.0. The van der Waals surface area contributed by atoms with Crippen LogP contribution in [0.1, 0.15) is 57.8 Å². The summed E-state index contributed by atoms with van der Waals surface area (Å²) in [6, 6.07) is 0. The van der Waals surface area contributed by atoms with Gasteiger partial charge in [-0.05, 0) is 18.6 Å². The lowest BCUT2D eigenvalue weighted by molar-refractivity contribution is -0.137.